The Hall–Kier alpha value is -0.310. The molecule has 0 amide bonds. The summed E-state index contributed by atoms with van der Waals surface area (Å²) in [6.45, 7) is 1.77. The van der Waals surface area contributed by atoms with Crippen molar-refractivity contribution >= 4 is 23.2 Å². The first-order valence-electron chi connectivity index (χ1n) is 3.89. The highest BCUT2D eigenvalue weighted by molar-refractivity contribution is 6.36. The van der Waals surface area contributed by atoms with Gasteiger partial charge in [-0.25, -0.2) is 4.39 Å². The fraction of sp³-hybridized carbons (Fsp3) is 0.333. The first kappa shape index (κ1) is 10.8. The molecule has 0 aliphatic heterocycles. The van der Waals surface area contributed by atoms with Gasteiger partial charge < -0.3 is 5.11 Å². The van der Waals surface area contributed by atoms with Gasteiger partial charge in [-0.15, -0.1) is 0 Å². The Labute approximate surface area is 86.1 Å². The summed E-state index contributed by atoms with van der Waals surface area (Å²) < 4.78 is 13.0. The van der Waals surface area contributed by atoms with Crippen molar-refractivity contribution in [3.63, 3.8) is 0 Å². The minimum absolute atomic E-state index is 0.0955. The molecule has 0 saturated carbocycles. The highest BCUT2D eigenvalue weighted by Gasteiger charge is 2.16. The Balaban J connectivity index is 3.25. The van der Waals surface area contributed by atoms with E-state index in [0.717, 1.165) is 0 Å². The van der Waals surface area contributed by atoms with Gasteiger partial charge in [-0.2, -0.15) is 0 Å². The molecule has 1 unspecified atom stereocenters. The predicted molar refractivity (Wildman–Crippen MR) is 51.7 cm³/mol. The van der Waals surface area contributed by atoms with Gasteiger partial charge in [0.2, 0.25) is 0 Å². The lowest BCUT2D eigenvalue weighted by Gasteiger charge is -2.12. The van der Waals surface area contributed by atoms with Crippen LogP contribution in [0.1, 0.15) is 25.0 Å². The molecule has 0 bridgehead atoms. The van der Waals surface area contributed by atoms with Crippen LogP contribution in [0.3, 0.4) is 0 Å². The molecule has 0 aliphatic carbocycles. The number of halogens is 3. The Morgan fingerprint density at radius 2 is 2.08 bits per heavy atom. The van der Waals surface area contributed by atoms with E-state index in [1.807, 2.05) is 0 Å². The molecule has 4 heteroatoms. The fourth-order valence-electron chi connectivity index (χ4n) is 1.05. The number of rotatable bonds is 2. The third-order valence-corrected chi connectivity index (χ3v) is 2.51. The predicted octanol–water partition coefficient (Wildman–Crippen LogP) is 3.58. The lowest BCUT2D eigenvalue weighted by Crippen LogP contribution is -1.99. The maximum Gasteiger partial charge on any atom is 0.142 e. The maximum atomic E-state index is 13.0. The van der Waals surface area contributed by atoms with Crippen molar-refractivity contribution in [3.8, 4) is 0 Å². The van der Waals surface area contributed by atoms with E-state index in [0.29, 0.717) is 11.4 Å². The van der Waals surface area contributed by atoms with Crippen LogP contribution in [0.15, 0.2) is 12.1 Å². The average molecular weight is 223 g/mol. The van der Waals surface area contributed by atoms with Gasteiger partial charge in [0.1, 0.15) is 5.82 Å². The highest BCUT2D eigenvalue weighted by atomic mass is 35.5. The first-order valence-corrected chi connectivity index (χ1v) is 4.65. The molecule has 0 aliphatic rings. The second-order valence-electron chi connectivity index (χ2n) is 2.68. The van der Waals surface area contributed by atoms with Gasteiger partial charge in [-0.05, 0) is 18.6 Å². The molecule has 0 fully saturated rings. The molecule has 0 heterocycles. The molecule has 0 saturated heterocycles. The molecule has 72 valence electrons. The van der Waals surface area contributed by atoms with E-state index in [2.05, 4.69) is 0 Å². The number of benzene rings is 1. The summed E-state index contributed by atoms with van der Waals surface area (Å²) in [5, 5.41) is 9.68. The number of aliphatic hydroxyl groups is 1. The van der Waals surface area contributed by atoms with E-state index >= 15 is 0 Å². The van der Waals surface area contributed by atoms with E-state index < -0.39 is 11.9 Å². The molecule has 1 N–H and O–H groups in total. The zero-order valence-corrected chi connectivity index (χ0v) is 8.53. The van der Waals surface area contributed by atoms with Crippen LogP contribution < -0.4 is 0 Å². The van der Waals surface area contributed by atoms with Crippen LogP contribution in [0.25, 0.3) is 0 Å². The van der Waals surface area contributed by atoms with Crippen LogP contribution >= 0.6 is 23.2 Å². The first-order chi connectivity index (χ1) is 6.07. The van der Waals surface area contributed by atoms with E-state index in [1.54, 1.807) is 6.92 Å². The number of hydrogen-bond acceptors (Lipinski definition) is 1. The van der Waals surface area contributed by atoms with Crippen LogP contribution in [0, 0.1) is 5.82 Å². The van der Waals surface area contributed by atoms with Crippen molar-refractivity contribution in [2.24, 2.45) is 0 Å². The average Bonchev–Trinajstić information content (AvgIpc) is 2.12. The normalized spacial score (nSPS) is 13.0. The molecule has 0 spiro atoms. The number of hydrogen-bond donors (Lipinski definition) is 1. The van der Waals surface area contributed by atoms with E-state index in [9.17, 15) is 9.50 Å². The molecule has 0 aromatic heterocycles. The largest absolute Gasteiger partial charge is 0.388 e. The lowest BCUT2D eigenvalue weighted by molar-refractivity contribution is 0.173. The van der Waals surface area contributed by atoms with E-state index in [-0.39, 0.29) is 10.6 Å². The summed E-state index contributed by atoms with van der Waals surface area (Å²) in [6.07, 6.45) is -0.362. The molecule has 13 heavy (non-hydrogen) atoms. The quantitative estimate of drug-likeness (QED) is 0.759. The lowest BCUT2D eigenvalue weighted by atomic mass is 10.1. The van der Waals surface area contributed by atoms with Gasteiger partial charge in [0.25, 0.3) is 0 Å². The SMILES string of the molecule is CCC(O)c1c(Cl)ccc(F)c1Cl. The van der Waals surface area contributed by atoms with Gasteiger partial charge in [0.05, 0.1) is 11.1 Å². The Bertz CT molecular complexity index is 315. The molecule has 1 atom stereocenters. The standard InChI is InChI=1S/C9H9Cl2FO/c1-2-7(13)8-5(10)3-4-6(12)9(8)11/h3-4,7,13H,2H2,1H3. The maximum absolute atomic E-state index is 13.0. The molecule has 0 radical (unpaired) electrons. The van der Waals surface area contributed by atoms with E-state index in [1.165, 1.54) is 12.1 Å². The Morgan fingerprint density at radius 1 is 1.46 bits per heavy atom. The highest BCUT2D eigenvalue weighted by Crippen LogP contribution is 2.33. The minimum Gasteiger partial charge on any atom is -0.388 e. The van der Waals surface area contributed by atoms with Crippen molar-refractivity contribution in [3.05, 3.63) is 33.6 Å². The summed E-state index contributed by atoms with van der Waals surface area (Å²) in [5.41, 5.74) is 0.269. The minimum atomic E-state index is -0.810. The van der Waals surface area contributed by atoms with Gasteiger partial charge in [0, 0.05) is 10.6 Å². The van der Waals surface area contributed by atoms with Gasteiger partial charge >= 0.3 is 0 Å². The van der Waals surface area contributed by atoms with Crippen LogP contribution in [-0.4, -0.2) is 5.11 Å². The summed E-state index contributed by atoms with van der Waals surface area (Å²) >= 11 is 11.4. The Kier molecular flexibility index (Phi) is 3.54. The second kappa shape index (κ2) is 4.27. The second-order valence-corrected chi connectivity index (χ2v) is 3.47. The van der Waals surface area contributed by atoms with Crippen LogP contribution in [0.2, 0.25) is 10.0 Å². The van der Waals surface area contributed by atoms with Gasteiger partial charge in [-0.1, -0.05) is 30.1 Å². The molecular weight excluding hydrogens is 214 g/mol. The summed E-state index contributed by atoms with van der Waals surface area (Å²) in [5.74, 6) is -0.562. The Morgan fingerprint density at radius 3 is 2.62 bits per heavy atom. The molecule has 1 aromatic rings. The topological polar surface area (TPSA) is 20.2 Å². The monoisotopic (exact) mass is 222 g/mol. The van der Waals surface area contributed by atoms with Crippen LogP contribution in [-0.2, 0) is 0 Å². The van der Waals surface area contributed by atoms with Gasteiger partial charge in [-0.3, -0.25) is 0 Å². The third kappa shape index (κ3) is 2.13. The van der Waals surface area contributed by atoms with Crippen molar-refractivity contribution in [1.82, 2.24) is 0 Å². The smallest absolute Gasteiger partial charge is 0.142 e. The third-order valence-electron chi connectivity index (χ3n) is 1.80. The summed E-state index contributed by atoms with van der Waals surface area (Å²) in [6, 6.07) is 2.56. The fourth-order valence-corrected chi connectivity index (χ4v) is 1.67. The van der Waals surface area contributed by atoms with Crippen molar-refractivity contribution < 1.29 is 9.50 Å². The molecular formula is C9H9Cl2FO. The van der Waals surface area contributed by atoms with Crippen molar-refractivity contribution in [1.29, 1.82) is 0 Å². The number of aliphatic hydroxyl groups excluding tert-OH is 1. The summed E-state index contributed by atoms with van der Waals surface area (Å²) in [7, 11) is 0. The molecule has 1 rings (SSSR count). The zero-order chi connectivity index (χ0) is 10.0. The van der Waals surface area contributed by atoms with E-state index in [4.69, 9.17) is 23.2 Å². The van der Waals surface area contributed by atoms with Crippen molar-refractivity contribution in [2.75, 3.05) is 0 Å². The molecule has 1 aromatic carbocycles. The van der Waals surface area contributed by atoms with Crippen LogP contribution in [0.4, 0.5) is 4.39 Å². The van der Waals surface area contributed by atoms with Crippen LogP contribution in [0.5, 0.6) is 0 Å². The van der Waals surface area contributed by atoms with Gasteiger partial charge in [0.15, 0.2) is 0 Å². The summed E-state index contributed by atoms with van der Waals surface area (Å²) in [4.78, 5) is 0. The molecule has 1 nitrogen and oxygen atoms in total. The van der Waals surface area contributed by atoms with Crippen molar-refractivity contribution in [2.45, 2.75) is 19.4 Å². The zero-order valence-electron chi connectivity index (χ0n) is 7.02.